The molecule has 2 rings (SSSR count). The maximum atomic E-state index is 12.9. The van der Waals surface area contributed by atoms with E-state index in [-0.39, 0.29) is 30.2 Å². The van der Waals surface area contributed by atoms with Gasteiger partial charge < -0.3 is 9.64 Å². The number of piperazine rings is 1. The Balaban J connectivity index is 1.90. The van der Waals surface area contributed by atoms with Gasteiger partial charge in [-0.1, -0.05) is 0 Å². The lowest BCUT2D eigenvalue weighted by Crippen LogP contribution is -2.55. The van der Waals surface area contributed by atoms with Gasteiger partial charge in [-0.05, 0) is 39.8 Å². The molecule has 2 heterocycles. The van der Waals surface area contributed by atoms with Crippen molar-refractivity contribution in [2.75, 3.05) is 26.2 Å². The molecule has 0 aliphatic carbocycles. The number of halogens is 1. The summed E-state index contributed by atoms with van der Waals surface area (Å²) < 4.78 is 18.3. The number of hydrogen-bond acceptors (Lipinski definition) is 5. The second-order valence-corrected chi connectivity index (χ2v) is 7.04. The number of carbonyl (C=O) groups excluding carboxylic acids is 2. The molecule has 1 aliphatic rings. The van der Waals surface area contributed by atoms with E-state index in [0.717, 1.165) is 6.20 Å². The van der Waals surface area contributed by atoms with Crippen molar-refractivity contribution in [2.24, 2.45) is 0 Å². The van der Waals surface area contributed by atoms with Crippen LogP contribution in [0.2, 0.25) is 0 Å². The summed E-state index contributed by atoms with van der Waals surface area (Å²) in [6, 6.07) is 2.56. The predicted octanol–water partition coefficient (Wildman–Crippen LogP) is 2.34. The van der Waals surface area contributed by atoms with Gasteiger partial charge in [0.05, 0.1) is 12.7 Å². The van der Waals surface area contributed by atoms with Crippen molar-refractivity contribution in [3.63, 3.8) is 0 Å². The van der Waals surface area contributed by atoms with Crippen molar-refractivity contribution in [1.29, 1.82) is 0 Å². The molecule has 24 heavy (non-hydrogen) atoms. The lowest BCUT2D eigenvalue weighted by atomic mass is 10.1. The number of amides is 1. The highest BCUT2D eigenvalue weighted by atomic mass is 19.1. The molecule has 1 atom stereocenters. The van der Waals surface area contributed by atoms with Gasteiger partial charge in [0.25, 0.3) is 0 Å². The number of carbonyl (C=O) groups is 2. The SMILES string of the molecule is C[C@@H]1CN(CC(=O)c2ccc(F)cn2)CCN1C(=O)OC(C)(C)C. The van der Waals surface area contributed by atoms with Crippen LogP contribution in [0.4, 0.5) is 9.18 Å². The molecular weight excluding hydrogens is 313 g/mol. The van der Waals surface area contributed by atoms with E-state index in [0.29, 0.717) is 19.6 Å². The quantitative estimate of drug-likeness (QED) is 0.792. The number of ketones is 1. The maximum Gasteiger partial charge on any atom is 0.410 e. The molecule has 1 amide bonds. The number of nitrogens with zero attached hydrogens (tertiary/aromatic N) is 3. The number of Topliss-reactive ketones (excluding diaryl/α,β-unsaturated/α-hetero) is 1. The average Bonchev–Trinajstić information content (AvgIpc) is 2.46. The molecule has 0 bridgehead atoms. The van der Waals surface area contributed by atoms with E-state index in [9.17, 15) is 14.0 Å². The molecule has 6 nitrogen and oxygen atoms in total. The largest absolute Gasteiger partial charge is 0.444 e. The molecular formula is C17H24FN3O3. The highest BCUT2D eigenvalue weighted by Gasteiger charge is 2.31. The smallest absolute Gasteiger partial charge is 0.410 e. The maximum absolute atomic E-state index is 12.9. The topological polar surface area (TPSA) is 62.7 Å². The summed E-state index contributed by atoms with van der Waals surface area (Å²) in [7, 11) is 0. The van der Waals surface area contributed by atoms with Gasteiger partial charge in [0.15, 0.2) is 5.78 Å². The van der Waals surface area contributed by atoms with E-state index in [2.05, 4.69) is 4.98 Å². The van der Waals surface area contributed by atoms with Gasteiger partial charge in [0, 0.05) is 25.7 Å². The Labute approximate surface area is 141 Å². The molecule has 132 valence electrons. The van der Waals surface area contributed by atoms with Crippen LogP contribution < -0.4 is 0 Å². The minimum Gasteiger partial charge on any atom is -0.444 e. The van der Waals surface area contributed by atoms with Crippen LogP contribution in [-0.2, 0) is 4.74 Å². The Hall–Kier alpha value is -2.02. The highest BCUT2D eigenvalue weighted by Crippen LogP contribution is 2.16. The van der Waals surface area contributed by atoms with E-state index in [1.54, 1.807) is 4.90 Å². The fourth-order valence-electron chi connectivity index (χ4n) is 2.59. The van der Waals surface area contributed by atoms with Crippen LogP contribution in [0.3, 0.4) is 0 Å². The van der Waals surface area contributed by atoms with Crippen molar-refractivity contribution in [2.45, 2.75) is 39.3 Å². The summed E-state index contributed by atoms with van der Waals surface area (Å²) in [5.74, 6) is -0.626. The van der Waals surface area contributed by atoms with E-state index in [1.807, 2.05) is 32.6 Å². The summed E-state index contributed by atoms with van der Waals surface area (Å²) in [5, 5.41) is 0. The molecule has 1 saturated heterocycles. The van der Waals surface area contributed by atoms with Gasteiger partial charge >= 0.3 is 6.09 Å². The predicted molar refractivity (Wildman–Crippen MR) is 87.4 cm³/mol. The molecule has 1 fully saturated rings. The van der Waals surface area contributed by atoms with Crippen LogP contribution in [0.1, 0.15) is 38.2 Å². The summed E-state index contributed by atoms with van der Waals surface area (Å²) in [4.78, 5) is 31.8. The Morgan fingerprint density at radius 2 is 2.04 bits per heavy atom. The zero-order chi connectivity index (χ0) is 17.9. The van der Waals surface area contributed by atoms with E-state index in [4.69, 9.17) is 4.74 Å². The Bertz CT molecular complexity index is 598. The first-order chi connectivity index (χ1) is 11.2. The molecule has 0 saturated carbocycles. The van der Waals surface area contributed by atoms with Crippen LogP contribution in [-0.4, -0.2) is 64.5 Å². The van der Waals surface area contributed by atoms with Crippen LogP contribution >= 0.6 is 0 Å². The lowest BCUT2D eigenvalue weighted by molar-refractivity contribution is 0.00218. The summed E-state index contributed by atoms with van der Waals surface area (Å²) in [6.07, 6.45) is 0.706. The van der Waals surface area contributed by atoms with Gasteiger partial charge in [0.1, 0.15) is 17.1 Å². The Morgan fingerprint density at radius 3 is 2.58 bits per heavy atom. The molecule has 0 radical (unpaired) electrons. The number of rotatable bonds is 3. The third kappa shape index (κ3) is 4.99. The Kier molecular flexibility index (Phi) is 5.54. The standard InChI is InChI=1S/C17H24FN3O3/c1-12-10-20(7-8-21(12)16(23)24-17(2,3)4)11-15(22)14-6-5-13(18)9-19-14/h5-6,9,12H,7-8,10-11H2,1-4H3/t12-/m1/s1. The van der Waals surface area contributed by atoms with Crippen molar-refractivity contribution in [3.05, 3.63) is 29.8 Å². The zero-order valence-electron chi connectivity index (χ0n) is 14.6. The minimum atomic E-state index is -0.530. The first-order valence-electron chi connectivity index (χ1n) is 8.02. The number of ether oxygens (including phenoxy) is 1. The van der Waals surface area contributed by atoms with E-state index < -0.39 is 11.4 Å². The molecule has 1 aromatic rings. The van der Waals surface area contributed by atoms with Crippen LogP contribution in [0.5, 0.6) is 0 Å². The van der Waals surface area contributed by atoms with Crippen molar-refractivity contribution >= 4 is 11.9 Å². The van der Waals surface area contributed by atoms with Gasteiger partial charge in [0.2, 0.25) is 0 Å². The van der Waals surface area contributed by atoms with Crippen molar-refractivity contribution < 1.29 is 18.7 Å². The second kappa shape index (κ2) is 7.25. The minimum absolute atomic E-state index is 0.0532. The molecule has 7 heteroatoms. The van der Waals surface area contributed by atoms with Crippen LogP contribution in [0.15, 0.2) is 18.3 Å². The molecule has 0 N–H and O–H groups in total. The summed E-state index contributed by atoms with van der Waals surface area (Å²) >= 11 is 0. The van der Waals surface area contributed by atoms with Crippen LogP contribution in [0.25, 0.3) is 0 Å². The fourth-order valence-corrected chi connectivity index (χ4v) is 2.59. The van der Waals surface area contributed by atoms with Crippen molar-refractivity contribution in [3.8, 4) is 0 Å². The van der Waals surface area contributed by atoms with Crippen molar-refractivity contribution in [1.82, 2.24) is 14.8 Å². The van der Waals surface area contributed by atoms with E-state index in [1.165, 1.54) is 12.1 Å². The van der Waals surface area contributed by atoms with Gasteiger partial charge in [-0.3, -0.25) is 14.7 Å². The first-order valence-corrected chi connectivity index (χ1v) is 8.02. The third-order valence-corrected chi connectivity index (χ3v) is 3.72. The fraction of sp³-hybridized carbons (Fsp3) is 0.588. The number of pyridine rings is 1. The Morgan fingerprint density at radius 1 is 1.33 bits per heavy atom. The third-order valence-electron chi connectivity index (χ3n) is 3.72. The molecule has 0 spiro atoms. The monoisotopic (exact) mass is 337 g/mol. The zero-order valence-corrected chi connectivity index (χ0v) is 14.6. The van der Waals surface area contributed by atoms with Gasteiger partial charge in [-0.25, -0.2) is 9.18 Å². The molecule has 0 aromatic carbocycles. The average molecular weight is 337 g/mol. The highest BCUT2D eigenvalue weighted by molar-refractivity contribution is 5.95. The molecule has 1 aliphatic heterocycles. The van der Waals surface area contributed by atoms with Gasteiger partial charge in [-0.15, -0.1) is 0 Å². The van der Waals surface area contributed by atoms with Crippen LogP contribution in [0, 0.1) is 5.82 Å². The summed E-state index contributed by atoms with van der Waals surface area (Å²) in [6.45, 7) is 9.28. The second-order valence-electron chi connectivity index (χ2n) is 7.04. The first kappa shape index (κ1) is 18.3. The lowest BCUT2D eigenvalue weighted by Gasteiger charge is -2.39. The molecule has 0 unspecified atom stereocenters. The summed E-state index contributed by atoms with van der Waals surface area (Å²) in [5.41, 5.74) is -0.281. The normalized spacial score (nSPS) is 19.2. The molecule has 1 aromatic heterocycles. The number of aromatic nitrogens is 1. The van der Waals surface area contributed by atoms with Gasteiger partial charge in [-0.2, -0.15) is 0 Å². The van der Waals surface area contributed by atoms with E-state index >= 15 is 0 Å². The number of hydrogen-bond donors (Lipinski definition) is 0.